The van der Waals surface area contributed by atoms with Crippen molar-refractivity contribution in [2.45, 2.75) is 41.9 Å². The summed E-state index contributed by atoms with van der Waals surface area (Å²) in [5, 5.41) is 5.77. The normalized spacial score (nSPS) is 15.9. The lowest BCUT2D eigenvalue weighted by Crippen LogP contribution is -2.45. The second kappa shape index (κ2) is 8.83. The van der Waals surface area contributed by atoms with Crippen LogP contribution >= 0.6 is 11.3 Å². The highest BCUT2D eigenvalue weighted by atomic mass is 32.2. The summed E-state index contributed by atoms with van der Waals surface area (Å²) in [5.41, 5.74) is 0. The summed E-state index contributed by atoms with van der Waals surface area (Å²) in [6.07, 6.45) is 3.72. The van der Waals surface area contributed by atoms with Gasteiger partial charge < -0.3 is 10.6 Å². The predicted molar refractivity (Wildman–Crippen MR) is 104 cm³/mol. The van der Waals surface area contributed by atoms with Gasteiger partial charge in [0, 0.05) is 17.5 Å². The number of halogens is 1. The third kappa shape index (κ3) is 4.77. The molecular formula is C19H21FN2O4S2. The van der Waals surface area contributed by atoms with Crippen LogP contribution in [0.5, 0.6) is 0 Å². The number of benzene rings is 1. The molecule has 1 atom stereocenters. The van der Waals surface area contributed by atoms with Gasteiger partial charge in [0.2, 0.25) is 0 Å². The van der Waals surface area contributed by atoms with Crippen LogP contribution in [-0.2, 0) is 19.4 Å². The molecule has 1 unspecified atom stereocenters. The van der Waals surface area contributed by atoms with E-state index in [2.05, 4.69) is 10.6 Å². The number of rotatable bonds is 6. The van der Waals surface area contributed by atoms with Gasteiger partial charge >= 0.3 is 11.8 Å². The molecule has 1 saturated carbocycles. The quantitative estimate of drug-likeness (QED) is 0.551. The van der Waals surface area contributed by atoms with Gasteiger partial charge in [-0.25, -0.2) is 12.8 Å². The molecule has 9 heteroatoms. The fourth-order valence-electron chi connectivity index (χ4n) is 3.21. The molecule has 1 aliphatic carbocycles. The molecule has 0 radical (unpaired) electrons. The molecule has 2 amide bonds. The first-order chi connectivity index (χ1) is 13.4. The third-order valence-corrected chi connectivity index (χ3v) is 7.96. The molecule has 28 heavy (non-hydrogen) atoms. The van der Waals surface area contributed by atoms with Crippen LogP contribution in [0.2, 0.25) is 0 Å². The minimum absolute atomic E-state index is 0.00529. The number of amides is 2. The fraction of sp³-hybridized carbons (Fsp3) is 0.368. The molecule has 1 fully saturated rings. The Balaban J connectivity index is 1.73. The van der Waals surface area contributed by atoms with E-state index in [9.17, 15) is 22.4 Å². The number of sulfone groups is 1. The van der Waals surface area contributed by atoms with E-state index in [-0.39, 0.29) is 17.5 Å². The van der Waals surface area contributed by atoms with Gasteiger partial charge in [-0.3, -0.25) is 9.59 Å². The van der Waals surface area contributed by atoms with Gasteiger partial charge in [-0.2, -0.15) is 0 Å². The standard InChI is InChI=1S/C19H21FN2O4S2/c20-13-7-9-15(10-8-13)28(25,26)17(16-6-3-11-27-16)12-21-18(23)19(24)22-14-4-1-2-5-14/h3,6-11,14,17H,1-2,4-5,12H2,(H,21,23)(H,22,24). The first-order valence-corrected chi connectivity index (χ1v) is 11.4. The molecule has 1 aromatic heterocycles. The van der Waals surface area contributed by atoms with Crippen LogP contribution in [0.3, 0.4) is 0 Å². The molecule has 0 saturated heterocycles. The molecule has 3 rings (SSSR count). The van der Waals surface area contributed by atoms with Gasteiger partial charge in [0.25, 0.3) is 0 Å². The Hall–Kier alpha value is -2.26. The summed E-state index contributed by atoms with van der Waals surface area (Å²) in [5.74, 6) is -2.15. The average molecular weight is 425 g/mol. The topological polar surface area (TPSA) is 92.3 Å². The Labute approximate surface area is 167 Å². The van der Waals surface area contributed by atoms with Gasteiger partial charge in [-0.1, -0.05) is 18.9 Å². The number of carbonyl (C=O) groups is 2. The highest BCUT2D eigenvalue weighted by Crippen LogP contribution is 2.31. The lowest BCUT2D eigenvalue weighted by atomic mass is 10.2. The number of carbonyl (C=O) groups excluding carboxylic acids is 2. The first-order valence-electron chi connectivity index (χ1n) is 8.99. The lowest BCUT2D eigenvalue weighted by Gasteiger charge is -2.18. The number of nitrogens with one attached hydrogen (secondary N) is 2. The Bertz CT molecular complexity index is 921. The van der Waals surface area contributed by atoms with Crippen LogP contribution in [0.25, 0.3) is 0 Å². The van der Waals surface area contributed by atoms with Crippen molar-refractivity contribution in [2.24, 2.45) is 0 Å². The SMILES string of the molecule is O=C(NCC(c1cccs1)S(=O)(=O)c1ccc(F)cc1)C(=O)NC1CCCC1. The second-order valence-electron chi connectivity index (χ2n) is 6.67. The summed E-state index contributed by atoms with van der Waals surface area (Å²) in [6.45, 7) is -0.253. The van der Waals surface area contributed by atoms with Crippen molar-refractivity contribution in [2.75, 3.05) is 6.54 Å². The molecular weight excluding hydrogens is 403 g/mol. The highest BCUT2D eigenvalue weighted by molar-refractivity contribution is 7.91. The van der Waals surface area contributed by atoms with Crippen LogP contribution in [0, 0.1) is 5.82 Å². The van der Waals surface area contributed by atoms with Gasteiger partial charge in [0.15, 0.2) is 9.84 Å². The van der Waals surface area contributed by atoms with Gasteiger partial charge in [0.05, 0.1) is 4.90 Å². The van der Waals surface area contributed by atoms with E-state index in [1.54, 1.807) is 17.5 Å². The van der Waals surface area contributed by atoms with Gasteiger partial charge in [-0.15, -0.1) is 11.3 Å². The molecule has 1 aromatic carbocycles. The van der Waals surface area contributed by atoms with Crippen LogP contribution in [-0.4, -0.2) is 32.8 Å². The molecule has 6 nitrogen and oxygen atoms in total. The third-order valence-electron chi connectivity index (χ3n) is 4.72. The minimum atomic E-state index is -3.89. The van der Waals surface area contributed by atoms with E-state index in [4.69, 9.17) is 0 Å². The van der Waals surface area contributed by atoms with Gasteiger partial charge in [0.1, 0.15) is 11.1 Å². The highest BCUT2D eigenvalue weighted by Gasteiger charge is 2.31. The molecule has 0 aliphatic heterocycles. The number of hydrogen-bond donors (Lipinski definition) is 2. The number of hydrogen-bond acceptors (Lipinski definition) is 5. The van der Waals surface area contributed by atoms with Crippen molar-refractivity contribution in [3.8, 4) is 0 Å². The zero-order valence-corrected chi connectivity index (χ0v) is 16.7. The first kappa shape index (κ1) is 20.5. The zero-order valence-electron chi connectivity index (χ0n) is 15.1. The van der Waals surface area contributed by atoms with E-state index < -0.39 is 32.7 Å². The molecule has 0 bridgehead atoms. The Morgan fingerprint density at radius 2 is 1.79 bits per heavy atom. The largest absolute Gasteiger partial charge is 0.346 e. The monoisotopic (exact) mass is 424 g/mol. The number of thiophene rings is 1. The van der Waals surface area contributed by atoms with E-state index in [0.717, 1.165) is 37.8 Å². The Morgan fingerprint density at radius 3 is 2.39 bits per heavy atom. The predicted octanol–water partition coefficient (Wildman–Crippen LogP) is 2.58. The molecule has 1 aliphatic rings. The van der Waals surface area contributed by atoms with Crippen molar-refractivity contribution in [3.05, 3.63) is 52.5 Å². The summed E-state index contributed by atoms with van der Waals surface area (Å²) in [7, 11) is -3.89. The minimum Gasteiger partial charge on any atom is -0.346 e. The maximum Gasteiger partial charge on any atom is 0.309 e. The van der Waals surface area contributed by atoms with Crippen molar-refractivity contribution in [3.63, 3.8) is 0 Å². The second-order valence-corrected chi connectivity index (χ2v) is 9.78. The van der Waals surface area contributed by atoms with Gasteiger partial charge in [-0.05, 0) is 48.6 Å². The summed E-state index contributed by atoms with van der Waals surface area (Å²) in [6, 6.07) is 7.90. The Morgan fingerprint density at radius 1 is 1.11 bits per heavy atom. The zero-order chi connectivity index (χ0) is 20.1. The van der Waals surface area contributed by atoms with Crippen molar-refractivity contribution >= 4 is 33.0 Å². The molecule has 1 heterocycles. The van der Waals surface area contributed by atoms with E-state index in [1.165, 1.54) is 23.5 Å². The lowest BCUT2D eigenvalue weighted by molar-refractivity contribution is -0.139. The Kier molecular flexibility index (Phi) is 6.46. The smallest absolute Gasteiger partial charge is 0.309 e. The maximum absolute atomic E-state index is 13.2. The van der Waals surface area contributed by atoms with E-state index >= 15 is 0 Å². The van der Waals surface area contributed by atoms with Crippen molar-refractivity contribution < 1.29 is 22.4 Å². The molecule has 0 spiro atoms. The van der Waals surface area contributed by atoms with Crippen molar-refractivity contribution in [1.29, 1.82) is 0 Å². The summed E-state index contributed by atoms with van der Waals surface area (Å²) >= 11 is 1.24. The van der Waals surface area contributed by atoms with Crippen LogP contribution in [0.4, 0.5) is 4.39 Å². The molecule has 150 valence electrons. The van der Waals surface area contributed by atoms with E-state index in [0.29, 0.717) is 4.88 Å². The molecule has 2 aromatic rings. The summed E-state index contributed by atoms with van der Waals surface area (Å²) in [4.78, 5) is 24.7. The average Bonchev–Trinajstić information content (AvgIpc) is 3.36. The molecule has 2 N–H and O–H groups in total. The maximum atomic E-state index is 13.2. The van der Waals surface area contributed by atoms with Crippen LogP contribution in [0.1, 0.15) is 35.8 Å². The summed E-state index contributed by atoms with van der Waals surface area (Å²) < 4.78 is 39.2. The van der Waals surface area contributed by atoms with Crippen LogP contribution < -0.4 is 10.6 Å². The van der Waals surface area contributed by atoms with E-state index in [1.807, 2.05) is 0 Å². The fourth-order valence-corrected chi connectivity index (χ4v) is 6.00. The van der Waals surface area contributed by atoms with Crippen molar-refractivity contribution in [1.82, 2.24) is 10.6 Å². The van der Waals surface area contributed by atoms with Crippen LogP contribution in [0.15, 0.2) is 46.7 Å².